The molecule has 1 N–H and O–H groups in total. The smallest absolute Gasteiger partial charge is 0.264 e. The highest BCUT2D eigenvalue weighted by Crippen LogP contribution is 2.33. The Kier molecular flexibility index (Phi) is 8.15. The van der Waals surface area contributed by atoms with Gasteiger partial charge in [0.1, 0.15) is 18.9 Å². The maximum absolute atomic E-state index is 13.5. The van der Waals surface area contributed by atoms with E-state index in [1.54, 1.807) is 30.3 Å². The lowest BCUT2D eigenvalue weighted by Crippen LogP contribution is -2.41. The Hall–Kier alpha value is -4.24. The van der Waals surface area contributed by atoms with Crippen molar-refractivity contribution < 1.29 is 27.4 Å². The topological polar surface area (TPSA) is 94.2 Å². The molecule has 0 heterocycles. The Morgan fingerprint density at radius 2 is 1.51 bits per heavy atom. The molecule has 0 spiro atoms. The average molecular weight is 521 g/mol. The molecule has 1 amide bonds. The van der Waals surface area contributed by atoms with E-state index in [4.69, 9.17) is 14.2 Å². The summed E-state index contributed by atoms with van der Waals surface area (Å²) in [6, 6.07) is 26.3. The number of ether oxygens (including phenoxy) is 3. The highest BCUT2D eigenvalue weighted by atomic mass is 32.2. The number of carbonyl (C=O) groups is 1. The molecular formula is C28H28N2O6S. The molecule has 0 bridgehead atoms. The van der Waals surface area contributed by atoms with Crippen LogP contribution in [0.5, 0.6) is 17.2 Å². The van der Waals surface area contributed by atoms with Crippen molar-refractivity contribution in [3.63, 3.8) is 0 Å². The monoisotopic (exact) mass is 520 g/mol. The first-order valence-corrected chi connectivity index (χ1v) is 13.0. The zero-order valence-corrected chi connectivity index (χ0v) is 21.4. The molecule has 0 unspecified atom stereocenters. The average Bonchev–Trinajstić information content (AvgIpc) is 2.94. The van der Waals surface area contributed by atoms with Gasteiger partial charge < -0.3 is 19.5 Å². The number of nitrogens with one attached hydrogen (secondary N) is 1. The zero-order valence-electron chi connectivity index (χ0n) is 20.6. The van der Waals surface area contributed by atoms with Crippen molar-refractivity contribution in [2.24, 2.45) is 0 Å². The Morgan fingerprint density at radius 3 is 2.27 bits per heavy atom. The number of nitrogens with zero attached hydrogens (tertiary/aromatic N) is 1. The van der Waals surface area contributed by atoms with Crippen LogP contribution >= 0.6 is 0 Å². The fourth-order valence-electron chi connectivity index (χ4n) is 3.87. The zero-order chi connectivity index (χ0) is 26.3. The van der Waals surface area contributed by atoms with Crippen molar-refractivity contribution in [3.05, 3.63) is 91.0 Å². The Morgan fingerprint density at radius 1 is 0.811 bits per heavy atom. The molecule has 0 aliphatic carbocycles. The van der Waals surface area contributed by atoms with Crippen LogP contribution in [0, 0.1) is 0 Å². The van der Waals surface area contributed by atoms with Gasteiger partial charge in [-0.25, -0.2) is 8.42 Å². The van der Waals surface area contributed by atoms with Gasteiger partial charge in [0.15, 0.2) is 11.5 Å². The summed E-state index contributed by atoms with van der Waals surface area (Å²) in [7, 11) is -1.10. The summed E-state index contributed by atoms with van der Waals surface area (Å²) in [5, 5.41) is 4.78. The van der Waals surface area contributed by atoms with Crippen LogP contribution < -0.4 is 23.8 Å². The van der Waals surface area contributed by atoms with Gasteiger partial charge in [-0.3, -0.25) is 9.10 Å². The summed E-state index contributed by atoms with van der Waals surface area (Å²) in [5.41, 5.74) is 0.267. The minimum absolute atomic E-state index is 0.0665. The molecule has 0 saturated heterocycles. The number of fused-ring (bicyclic) bond motifs is 1. The van der Waals surface area contributed by atoms with E-state index in [0.29, 0.717) is 17.2 Å². The van der Waals surface area contributed by atoms with Crippen LogP contribution in [0.4, 0.5) is 5.69 Å². The first kappa shape index (κ1) is 25.8. The molecule has 0 atom stereocenters. The van der Waals surface area contributed by atoms with E-state index in [1.165, 1.54) is 32.4 Å². The van der Waals surface area contributed by atoms with Gasteiger partial charge in [-0.1, -0.05) is 54.6 Å². The predicted molar refractivity (Wildman–Crippen MR) is 143 cm³/mol. The second-order valence-corrected chi connectivity index (χ2v) is 9.90. The molecule has 0 saturated carbocycles. The molecule has 0 aromatic heterocycles. The lowest BCUT2D eigenvalue weighted by atomic mass is 10.1. The minimum atomic E-state index is -4.05. The third-order valence-electron chi connectivity index (χ3n) is 5.70. The summed E-state index contributed by atoms with van der Waals surface area (Å²) in [4.78, 5) is 12.9. The minimum Gasteiger partial charge on any atom is -0.493 e. The largest absolute Gasteiger partial charge is 0.493 e. The van der Waals surface area contributed by atoms with Gasteiger partial charge in [0, 0.05) is 11.5 Å². The molecule has 0 aliphatic rings. The van der Waals surface area contributed by atoms with Crippen LogP contribution in [0.2, 0.25) is 0 Å². The second-order valence-electron chi connectivity index (χ2n) is 8.04. The standard InChI is InChI=1S/C28H28N2O6S/c1-34-26-16-15-22(19-27(26)35-2)30(37(32,33)23-11-4-3-5-12-23)20-28(31)29-17-18-36-25-14-8-10-21-9-6-7-13-24(21)25/h3-16,19H,17-18,20H2,1-2H3,(H,29,31). The van der Waals surface area contributed by atoms with Crippen LogP contribution in [-0.2, 0) is 14.8 Å². The molecule has 0 aliphatic heterocycles. The fourth-order valence-corrected chi connectivity index (χ4v) is 5.31. The molecule has 4 aromatic carbocycles. The number of sulfonamides is 1. The van der Waals surface area contributed by atoms with E-state index in [1.807, 2.05) is 42.5 Å². The van der Waals surface area contributed by atoms with E-state index in [-0.39, 0.29) is 23.7 Å². The van der Waals surface area contributed by atoms with E-state index >= 15 is 0 Å². The quantitative estimate of drug-likeness (QED) is 0.297. The van der Waals surface area contributed by atoms with E-state index < -0.39 is 22.5 Å². The van der Waals surface area contributed by atoms with Crippen molar-refractivity contribution >= 4 is 32.4 Å². The summed E-state index contributed by atoms with van der Waals surface area (Å²) in [5.74, 6) is 1.03. The first-order valence-electron chi connectivity index (χ1n) is 11.6. The highest BCUT2D eigenvalue weighted by Gasteiger charge is 2.28. The summed E-state index contributed by atoms with van der Waals surface area (Å²) in [6.45, 7) is -0.00423. The molecule has 37 heavy (non-hydrogen) atoms. The normalized spacial score (nSPS) is 11.1. The number of hydrogen-bond acceptors (Lipinski definition) is 6. The van der Waals surface area contributed by atoms with Crippen molar-refractivity contribution in [2.75, 3.05) is 38.2 Å². The van der Waals surface area contributed by atoms with Crippen LogP contribution in [0.1, 0.15) is 0 Å². The van der Waals surface area contributed by atoms with Gasteiger partial charge in [-0.15, -0.1) is 0 Å². The second kappa shape index (κ2) is 11.7. The highest BCUT2D eigenvalue weighted by molar-refractivity contribution is 7.92. The number of carbonyl (C=O) groups excluding carboxylic acids is 1. The van der Waals surface area contributed by atoms with Crippen molar-refractivity contribution in [1.29, 1.82) is 0 Å². The predicted octanol–water partition coefficient (Wildman–Crippen LogP) is 4.25. The maximum atomic E-state index is 13.5. The van der Waals surface area contributed by atoms with Gasteiger partial charge in [0.2, 0.25) is 5.91 Å². The number of hydrogen-bond donors (Lipinski definition) is 1. The fraction of sp³-hybridized carbons (Fsp3) is 0.179. The molecule has 8 nitrogen and oxygen atoms in total. The molecule has 0 fully saturated rings. The Balaban J connectivity index is 1.49. The molecule has 192 valence electrons. The summed E-state index contributed by atoms with van der Waals surface area (Å²) in [6.07, 6.45) is 0. The number of anilines is 1. The molecule has 9 heteroatoms. The molecular weight excluding hydrogens is 492 g/mol. The van der Waals surface area contributed by atoms with Crippen molar-refractivity contribution in [2.45, 2.75) is 4.90 Å². The number of methoxy groups -OCH3 is 2. The van der Waals surface area contributed by atoms with Crippen LogP contribution in [0.15, 0.2) is 95.9 Å². The Bertz CT molecular complexity index is 1470. The van der Waals surface area contributed by atoms with Crippen LogP contribution in [0.25, 0.3) is 10.8 Å². The number of rotatable bonds is 11. The van der Waals surface area contributed by atoms with Gasteiger partial charge in [-0.2, -0.15) is 0 Å². The molecule has 0 radical (unpaired) electrons. The van der Waals surface area contributed by atoms with Crippen LogP contribution in [-0.4, -0.2) is 48.2 Å². The lowest BCUT2D eigenvalue weighted by Gasteiger charge is -2.25. The lowest BCUT2D eigenvalue weighted by molar-refractivity contribution is -0.119. The van der Waals surface area contributed by atoms with Gasteiger partial charge >= 0.3 is 0 Å². The molecule has 4 aromatic rings. The molecule has 4 rings (SSSR count). The van der Waals surface area contributed by atoms with Crippen molar-refractivity contribution in [3.8, 4) is 17.2 Å². The summed E-state index contributed by atoms with van der Waals surface area (Å²) >= 11 is 0. The van der Waals surface area contributed by atoms with Crippen LogP contribution in [0.3, 0.4) is 0 Å². The van der Waals surface area contributed by atoms with Crippen molar-refractivity contribution in [1.82, 2.24) is 5.32 Å². The third-order valence-corrected chi connectivity index (χ3v) is 7.49. The Labute approximate surface area is 216 Å². The van der Waals surface area contributed by atoms with E-state index in [9.17, 15) is 13.2 Å². The third kappa shape index (κ3) is 5.95. The summed E-state index contributed by atoms with van der Waals surface area (Å²) < 4.78 is 44.5. The maximum Gasteiger partial charge on any atom is 0.264 e. The van der Waals surface area contributed by atoms with Gasteiger partial charge in [-0.05, 0) is 35.7 Å². The SMILES string of the molecule is COc1ccc(N(CC(=O)NCCOc2cccc3ccccc23)S(=O)(=O)c2ccccc2)cc1OC. The number of benzene rings is 4. The van der Waals surface area contributed by atoms with Gasteiger partial charge in [0.05, 0.1) is 31.3 Å². The van der Waals surface area contributed by atoms with E-state index in [2.05, 4.69) is 5.32 Å². The van der Waals surface area contributed by atoms with Gasteiger partial charge in [0.25, 0.3) is 10.0 Å². The first-order chi connectivity index (χ1) is 17.9. The van der Waals surface area contributed by atoms with E-state index in [0.717, 1.165) is 15.1 Å². The number of amides is 1.